The Hall–Kier alpha value is -0.820. The lowest BCUT2D eigenvalue weighted by Gasteiger charge is -2.11. The number of aryl methyl sites for hydroxylation is 2. The van der Waals surface area contributed by atoms with Gasteiger partial charge in [0.2, 0.25) is 0 Å². The van der Waals surface area contributed by atoms with E-state index in [1.54, 1.807) is 0 Å². The standard InChI is InChI=1S/C16H27N/c1-3-4-5-6-7-16(17)13-12-15-10-8-14(2)9-11-15/h8-11,16H,3-7,12-13,17H2,1-2H3. The first-order chi connectivity index (χ1) is 8.22. The predicted octanol–water partition coefficient (Wildman–Crippen LogP) is 4.23. The normalized spacial score (nSPS) is 12.6. The van der Waals surface area contributed by atoms with E-state index >= 15 is 0 Å². The SMILES string of the molecule is CCCCCCC(N)CCc1ccc(C)cc1. The number of unbranched alkanes of at least 4 members (excludes halogenated alkanes) is 3. The summed E-state index contributed by atoms with van der Waals surface area (Å²) in [6.07, 6.45) is 8.72. The second kappa shape index (κ2) is 8.30. The molecule has 1 unspecified atom stereocenters. The molecule has 1 rings (SSSR count). The predicted molar refractivity (Wildman–Crippen MR) is 76.2 cm³/mol. The van der Waals surface area contributed by atoms with Crippen LogP contribution in [0.4, 0.5) is 0 Å². The van der Waals surface area contributed by atoms with Crippen LogP contribution in [0.5, 0.6) is 0 Å². The molecule has 0 aliphatic rings. The van der Waals surface area contributed by atoms with Gasteiger partial charge in [-0.2, -0.15) is 0 Å². The highest BCUT2D eigenvalue weighted by atomic mass is 14.6. The third-order valence-corrected chi connectivity index (χ3v) is 3.35. The van der Waals surface area contributed by atoms with Gasteiger partial charge in [-0.25, -0.2) is 0 Å². The van der Waals surface area contributed by atoms with Gasteiger partial charge in [0.15, 0.2) is 0 Å². The van der Waals surface area contributed by atoms with Gasteiger partial charge in [-0.3, -0.25) is 0 Å². The summed E-state index contributed by atoms with van der Waals surface area (Å²) >= 11 is 0. The van der Waals surface area contributed by atoms with E-state index in [1.165, 1.54) is 43.2 Å². The van der Waals surface area contributed by atoms with Crippen molar-refractivity contribution in [1.82, 2.24) is 0 Å². The molecule has 0 aromatic heterocycles. The van der Waals surface area contributed by atoms with E-state index in [2.05, 4.69) is 38.1 Å². The van der Waals surface area contributed by atoms with Crippen molar-refractivity contribution in [3.63, 3.8) is 0 Å². The zero-order valence-corrected chi connectivity index (χ0v) is 11.4. The second-order valence-corrected chi connectivity index (χ2v) is 5.13. The van der Waals surface area contributed by atoms with Crippen molar-refractivity contribution in [2.45, 2.75) is 64.8 Å². The van der Waals surface area contributed by atoms with Gasteiger partial charge < -0.3 is 5.73 Å². The maximum Gasteiger partial charge on any atom is 0.00419 e. The topological polar surface area (TPSA) is 26.0 Å². The molecular formula is C16H27N. The Morgan fingerprint density at radius 2 is 1.71 bits per heavy atom. The van der Waals surface area contributed by atoms with Gasteiger partial charge in [-0.1, -0.05) is 62.4 Å². The van der Waals surface area contributed by atoms with Crippen molar-refractivity contribution in [3.05, 3.63) is 35.4 Å². The van der Waals surface area contributed by atoms with Crippen LogP contribution in [-0.4, -0.2) is 6.04 Å². The van der Waals surface area contributed by atoms with E-state index < -0.39 is 0 Å². The maximum absolute atomic E-state index is 6.13. The Balaban J connectivity index is 2.14. The third kappa shape index (κ3) is 6.48. The highest BCUT2D eigenvalue weighted by molar-refractivity contribution is 5.21. The van der Waals surface area contributed by atoms with Gasteiger partial charge in [0.25, 0.3) is 0 Å². The summed E-state index contributed by atoms with van der Waals surface area (Å²) in [5.41, 5.74) is 8.88. The Morgan fingerprint density at radius 1 is 1.00 bits per heavy atom. The Bertz CT molecular complexity index is 289. The molecule has 2 N–H and O–H groups in total. The highest BCUT2D eigenvalue weighted by Gasteiger charge is 2.02. The lowest BCUT2D eigenvalue weighted by Crippen LogP contribution is -2.20. The van der Waals surface area contributed by atoms with Gasteiger partial charge in [-0.05, 0) is 31.7 Å². The summed E-state index contributed by atoms with van der Waals surface area (Å²) in [6, 6.07) is 9.19. The van der Waals surface area contributed by atoms with Crippen molar-refractivity contribution in [2.24, 2.45) is 5.73 Å². The maximum atomic E-state index is 6.13. The van der Waals surface area contributed by atoms with E-state index in [0.29, 0.717) is 6.04 Å². The summed E-state index contributed by atoms with van der Waals surface area (Å²) < 4.78 is 0. The highest BCUT2D eigenvalue weighted by Crippen LogP contribution is 2.10. The molecule has 0 saturated carbocycles. The van der Waals surface area contributed by atoms with Crippen molar-refractivity contribution in [3.8, 4) is 0 Å². The van der Waals surface area contributed by atoms with Gasteiger partial charge in [0.05, 0.1) is 0 Å². The minimum Gasteiger partial charge on any atom is -0.328 e. The molecule has 17 heavy (non-hydrogen) atoms. The first-order valence-electron chi connectivity index (χ1n) is 7.03. The van der Waals surface area contributed by atoms with Crippen molar-refractivity contribution in [2.75, 3.05) is 0 Å². The van der Waals surface area contributed by atoms with E-state index in [1.807, 2.05) is 0 Å². The fourth-order valence-corrected chi connectivity index (χ4v) is 2.08. The fourth-order valence-electron chi connectivity index (χ4n) is 2.08. The largest absolute Gasteiger partial charge is 0.328 e. The van der Waals surface area contributed by atoms with Crippen LogP contribution in [0.2, 0.25) is 0 Å². The van der Waals surface area contributed by atoms with E-state index in [-0.39, 0.29) is 0 Å². The number of hydrogen-bond donors (Lipinski definition) is 1. The smallest absolute Gasteiger partial charge is 0.00419 e. The monoisotopic (exact) mass is 233 g/mol. The first kappa shape index (κ1) is 14.2. The zero-order valence-electron chi connectivity index (χ0n) is 11.4. The van der Waals surface area contributed by atoms with Crippen LogP contribution in [0.3, 0.4) is 0 Å². The lowest BCUT2D eigenvalue weighted by molar-refractivity contribution is 0.521. The zero-order chi connectivity index (χ0) is 12.5. The Morgan fingerprint density at radius 3 is 2.35 bits per heavy atom. The molecule has 0 amide bonds. The average Bonchev–Trinajstić information content (AvgIpc) is 2.34. The molecule has 0 bridgehead atoms. The van der Waals surface area contributed by atoms with Gasteiger partial charge in [-0.15, -0.1) is 0 Å². The summed E-state index contributed by atoms with van der Waals surface area (Å²) in [7, 11) is 0. The van der Waals surface area contributed by atoms with Crippen molar-refractivity contribution < 1.29 is 0 Å². The number of nitrogens with two attached hydrogens (primary N) is 1. The molecule has 1 heteroatoms. The summed E-state index contributed by atoms with van der Waals surface area (Å²) in [5.74, 6) is 0. The minimum absolute atomic E-state index is 0.383. The molecule has 0 fully saturated rings. The molecule has 0 radical (unpaired) electrons. The number of rotatable bonds is 8. The van der Waals surface area contributed by atoms with Crippen LogP contribution in [0.1, 0.15) is 56.6 Å². The van der Waals surface area contributed by atoms with Crippen LogP contribution in [-0.2, 0) is 6.42 Å². The summed E-state index contributed by atoms with van der Waals surface area (Å²) in [4.78, 5) is 0. The van der Waals surface area contributed by atoms with E-state index in [9.17, 15) is 0 Å². The number of benzene rings is 1. The molecule has 0 aliphatic carbocycles. The molecule has 0 heterocycles. The first-order valence-corrected chi connectivity index (χ1v) is 7.03. The van der Waals surface area contributed by atoms with E-state index in [4.69, 9.17) is 5.73 Å². The summed E-state index contributed by atoms with van der Waals surface area (Å²) in [5, 5.41) is 0. The van der Waals surface area contributed by atoms with Gasteiger partial charge >= 0.3 is 0 Å². The average molecular weight is 233 g/mol. The lowest BCUT2D eigenvalue weighted by atomic mass is 10.0. The Labute approximate surface area is 106 Å². The molecule has 96 valence electrons. The molecule has 1 aromatic carbocycles. The van der Waals surface area contributed by atoms with Crippen LogP contribution < -0.4 is 5.73 Å². The molecule has 0 saturated heterocycles. The molecular weight excluding hydrogens is 206 g/mol. The number of hydrogen-bond acceptors (Lipinski definition) is 1. The second-order valence-electron chi connectivity index (χ2n) is 5.13. The van der Waals surface area contributed by atoms with Gasteiger partial charge in [0.1, 0.15) is 0 Å². The molecule has 0 spiro atoms. The quantitative estimate of drug-likeness (QED) is 0.668. The molecule has 1 atom stereocenters. The van der Waals surface area contributed by atoms with Crippen molar-refractivity contribution >= 4 is 0 Å². The van der Waals surface area contributed by atoms with Crippen LogP contribution in [0.25, 0.3) is 0 Å². The molecule has 1 nitrogen and oxygen atoms in total. The molecule has 0 aliphatic heterocycles. The molecule has 1 aromatic rings. The van der Waals surface area contributed by atoms with Crippen molar-refractivity contribution in [1.29, 1.82) is 0 Å². The van der Waals surface area contributed by atoms with E-state index in [0.717, 1.165) is 12.8 Å². The van der Waals surface area contributed by atoms with Crippen LogP contribution in [0.15, 0.2) is 24.3 Å². The Kier molecular flexibility index (Phi) is 6.95. The summed E-state index contributed by atoms with van der Waals surface area (Å²) in [6.45, 7) is 4.38. The van der Waals surface area contributed by atoms with Crippen LogP contribution >= 0.6 is 0 Å². The fraction of sp³-hybridized carbons (Fsp3) is 0.625. The van der Waals surface area contributed by atoms with Gasteiger partial charge in [0, 0.05) is 6.04 Å². The van der Waals surface area contributed by atoms with Crippen LogP contribution in [0, 0.1) is 6.92 Å². The minimum atomic E-state index is 0.383. The third-order valence-electron chi connectivity index (χ3n) is 3.35.